The van der Waals surface area contributed by atoms with Crippen LogP contribution in [0.25, 0.3) is 0 Å². The summed E-state index contributed by atoms with van der Waals surface area (Å²) < 4.78 is 15.3. The molecule has 136 valence electrons. The summed E-state index contributed by atoms with van der Waals surface area (Å²) in [5.74, 6) is 0. The van der Waals surface area contributed by atoms with Gasteiger partial charge >= 0.3 is 0 Å². The lowest BCUT2D eigenvalue weighted by Crippen LogP contribution is -2.64. The van der Waals surface area contributed by atoms with Gasteiger partial charge in [0.2, 0.25) is 0 Å². The van der Waals surface area contributed by atoms with E-state index in [1.54, 1.807) is 0 Å². The van der Waals surface area contributed by atoms with Crippen LogP contribution in [0.4, 0.5) is 0 Å². The van der Waals surface area contributed by atoms with Crippen molar-refractivity contribution in [2.24, 2.45) is 0 Å². The van der Waals surface area contributed by atoms with E-state index in [-0.39, 0.29) is 0 Å². The molecule has 0 aliphatic carbocycles. The lowest BCUT2D eigenvalue weighted by molar-refractivity contribution is -0.355. The van der Waals surface area contributed by atoms with Crippen molar-refractivity contribution in [2.75, 3.05) is 13.2 Å². The predicted octanol–water partition coefficient (Wildman–Crippen LogP) is -5.40. The van der Waals surface area contributed by atoms with E-state index in [2.05, 4.69) is 0 Å². The topological polar surface area (TPSA) is 190 Å². The number of aliphatic hydroxyl groups is 8. The largest absolute Gasteiger partial charge is 0.394 e. The highest BCUT2D eigenvalue weighted by molar-refractivity contribution is 4.93. The second kappa shape index (κ2) is 7.63. The Hall–Kier alpha value is -0.440. The SMILES string of the molecule is OC[C@@H]1O[C@@H](O[C@H]2[C@H](O)[C@H](O)[C@H](O)O[C@H]2CO)[C@@H](O)[C@@H](O)[C@@H]1O. The first-order chi connectivity index (χ1) is 10.8. The summed E-state index contributed by atoms with van der Waals surface area (Å²) in [6.45, 7) is -1.35. The lowest BCUT2D eigenvalue weighted by Gasteiger charge is -2.45. The maximum absolute atomic E-state index is 9.94. The molecule has 2 aliphatic rings. The van der Waals surface area contributed by atoms with Crippen LogP contribution in [0.5, 0.6) is 0 Å². The third-order valence-electron chi connectivity index (χ3n) is 3.98. The molecule has 2 fully saturated rings. The van der Waals surface area contributed by atoms with Gasteiger partial charge in [0.25, 0.3) is 0 Å². The lowest BCUT2D eigenvalue weighted by atomic mass is 9.97. The highest BCUT2D eigenvalue weighted by Crippen LogP contribution is 2.28. The number of ether oxygens (including phenoxy) is 3. The van der Waals surface area contributed by atoms with Gasteiger partial charge in [-0.2, -0.15) is 0 Å². The normalized spacial score (nSPS) is 51.7. The maximum Gasteiger partial charge on any atom is 0.187 e. The van der Waals surface area contributed by atoms with Crippen molar-refractivity contribution in [3.05, 3.63) is 0 Å². The van der Waals surface area contributed by atoms with Crippen molar-refractivity contribution in [1.29, 1.82) is 0 Å². The zero-order chi connectivity index (χ0) is 17.3. The van der Waals surface area contributed by atoms with Crippen LogP contribution >= 0.6 is 0 Å². The number of hydrogen-bond acceptors (Lipinski definition) is 11. The van der Waals surface area contributed by atoms with Gasteiger partial charge in [-0.15, -0.1) is 0 Å². The molecule has 0 amide bonds. The predicted molar refractivity (Wildman–Crippen MR) is 68.6 cm³/mol. The molecule has 0 saturated carbocycles. The fraction of sp³-hybridized carbons (Fsp3) is 1.00. The Bertz CT molecular complexity index is 378. The summed E-state index contributed by atoms with van der Waals surface area (Å²) in [7, 11) is 0. The molecule has 0 spiro atoms. The molecule has 11 nitrogen and oxygen atoms in total. The monoisotopic (exact) mass is 342 g/mol. The van der Waals surface area contributed by atoms with Crippen LogP contribution in [-0.4, -0.2) is 115 Å². The maximum atomic E-state index is 9.94. The van der Waals surface area contributed by atoms with Crippen LogP contribution in [0, 0.1) is 0 Å². The van der Waals surface area contributed by atoms with Crippen molar-refractivity contribution in [1.82, 2.24) is 0 Å². The van der Waals surface area contributed by atoms with Crippen molar-refractivity contribution in [3.63, 3.8) is 0 Å². The molecule has 0 aromatic rings. The van der Waals surface area contributed by atoms with E-state index in [0.29, 0.717) is 0 Å². The Balaban J connectivity index is 2.11. The molecule has 2 rings (SSSR count). The van der Waals surface area contributed by atoms with Crippen LogP contribution in [0.2, 0.25) is 0 Å². The molecule has 0 aromatic heterocycles. The zero-order valence-electron chi connectivity index (χ0n) is 12.0. The van der Waals surface area contributed by atoms with E-state index in [1.165, 1.54) is 0 Å². The van der Waals surface area contributed by atoms with E-state index in [0.717, 1.165) is 0 Å². The van der Waals surface area contributed by atoms with Gasteiger partial charge in [-0.3, -0.25) is 0 Å². The standard InChI is InChI=1S/C12H22O11/c13-1-3-5(15)6(16)9(19)12(22-3)23-10-4(2-14)21-11(20)8(18)7(10)17/h3-20H,1-2H2/t3-,4-,5+,6-,7+,8-,9-,10+,11+,12-/m0/s1. The Morgan fingerprint density at radius 2 is 1.26 bits per heavy atom. The molecule has 10 atom stereocenters. The fourth-order valence-corrected chi connectivity index (χ4v) is 2.57. The summed E-state index contributed by atoms with van der Waals surface area (Å²) in [6.07, 6.45) is -15.6. The minimum atomic E-state index is -1.74. The molecule has 2 heterocycles. The van der Waals surface area contributed by atoms with Gasteiger partial charge in [0.1, 0.15) is 48.8 Å². The molecule has 0 unspecified atom stereocenters. The Kier molecular flexibility index (Phi) is 6.27. The molecular weight excluding hydrogens is 320 g/mol. The first-order valence-electron chi connectivity index (χ1n) is 7.08. The third-order valence-corrected chi connectivity index (χ3v) is 3.98. The van der Waals surface area contributed by atoms with E-state index in [1.807, 2.05) is 0 Å². The van der Waals surface area contributed by atoms with Gasteiger partial charge in [-0.1, -0.05) is 0 Å². The van der Waals surface area contributed by atoms with Gasteiger partial charge < -0.3 is 55.1 Å². The van der Waals surface area contributed by atoms with Gasteiger partial charge in [-0.25, -0.2) is 0 Å². The van der Waals surface area contributed by atoms with Crippen molar-refractivity contribution in [3.8, 4) is 0 Å². The van der Waals surface area contributed by atoms with Crippen molar-refractivity contribution < 1.29 is 55.1 Å². The van der Waals surface area contributed by atoms with Crippen molar-refractivity contribution in [2.45, 2.75) is 61.4 Å². The quantitative estimate of drug-likeness (QED) is 0.243. The first kappa shape index (κ1) is 18.9. The van der Waals surface area contributed by atoms with Crippen LogP contribution in [0.3, 0.4) is 0 Å². The third kappa shape index (κ3) is 3.65. The Morgan fingerprint density at radius 3 is 1.83 bits per heavy atom. The number of hydrogen-bond donors (Lipinski definition) is 8. The Labute approximate surface area is 130 Å². The minimum absolute atomic E-state index is 0.667. The van der Waals surface area contributed by atoms with Gasteiger partial charge in [0, 0.05) is 0 Å². The van der Waals surface area contributed by atoms with Gasteiger partial charge in [-0.05, 0) is 0 Å². The summed E-state index contributed by atoms with van der Waals surface area (Å²) in [5.41, 5.74) is 0. The molecular formula is C12H22O11. The second-order valence-electron chi connectivity index (χ2n) is 5.53. The van der Waals surface area contributed by atoms with E-state index >= 15 is 0 Å². The molecule has 11 heteroatoms. The summed E-state index contributed by atoms with van der Waals surface area (Å²) in [6, 6.07) is 0. The van der Waals surface area contributed by atoms with E-state index < -0.39 is 74.6 Å². The number of aliphatic hydroxyl groups excluding tert-OH is 8. The first-order valence-corrected chi connectivity index (χ1v) is 7.08. The number of rotatable bonds is 4. The Morgan fingerprint density at radius 1 is 0.652 bits per heavy atom. The smallest absolute Gasteiger partial charge is 0.187 e. The summed E-state index contributed by atoms with van der Waals surface area (Å²) in [4.78, 5) is 0. The molecule has 23 heavy (non-hydrogen) atoms. The van der Waals surface area contributed by atoms with Crippen LogP contribution in [0.1, 0.15) is 0 Å². The average Bonchev–Trinajstić information content (AvgIpc) is 2.55. The van der Waals surface area contributed by atoms with Crippen LogP contribution < -0.4 is 0 Å². The van der Waals surface area contributed by atoms with Gasteiger partial charge in [0.05, 0.1) is 13.2 Å². The fourth-order valence-electron chi connectivity index (χ4n) is 2.57. The van der Waals surface area contributed by atoms with Crippen LogP contribution in [-0.2, 0) is 14.2 Å². The average molecular weight is 342 g/mol. The molecule has 8 N–H and O–H groups in total. The van der Waals surface area contributed by atoms with E-state index in [9.17, 15) is 35.7 Å². The molecule has 0 bridgehead atoms. The molecule has 2 saturated heterocycles. The van der Waals surface area contributed by atoms with Crippen molar-refractivity contribution >= 4 is 0 Å². The molecule has 0 radical (unpaired) electrons. The van der Waals surface area contributed by atoms with Gasteiger partial charge in [0.15, 0.2) is 12.6 Å². The summed E-state index contributed by atoms with van der Waals surface area (Å²) in [5, 5.41) is 76.5. The van der Waals surface area contributed by atoms with Crippen LogP contribution in [0.15, 0.2) is 0 Å². The van der Waals surface area contributed by atoms with E-state index in [4.69, 9.17) is 19.3 Å². The molecule has 2 aliphatic heterocycles. The highest BCUT2D eigenvalue weighted by atomic mass is 16.7. The zero-order valence-corrected chi connectivity index (χ0v) is 12.0. The minimum Gasteiger partial charge on any atom is -0.394 e. The highest BCUT2D eigenvalue weighted by Gasteiger charge is 2.50. The second-order valence-corrected chi connectivity index (χ2v) is 5.53. The summed E-state index contributed by atoms with van der Waals surface area (Å²) >= 11 is 0. The molecule has 0 aromatic carbocycles.